The summed E-state index contributed by atoms with van der Waals surface area (Å²) in [5.41, 5.74) is 2.35. The molecule has 130 valence electrons. The Bertz CT molecular complexity index is 850. The Morgan fingerprint density at radius 3 is 2.36 bits per heavy atom. The lowest BCUT2D eigenvalue weighted by Gasteiger charge is -2.22. The summed E-state index contributed by atoms with van der Waals surface area (Å²) < 4.78 is 6.15. The van der Waals surface area contributed by atoms with Gasteiger partial charge in [0.05, 0.1) is 0 Å². The summed E-state index contributed by atoms with van der Waals surface area (Å²) in [5, 5.41) is 6.78. The standard InChI is InChI=1S/C22H24ClNO/c1-22(2,3)24-14-20-19-7-5-4-6-17(19)10-13-21(20)25-15-16-8-11-18(23)12-9-16/h4-13,24H,14-15H2,1-3H3. The van der Waals surface area contributed by atoms with Gasteiger partial charge in [0, 0.05) is 22.7 Å². The molecule has 3 heteroatoms. The number of hydrogen-bond donors (Lipinski definition) is 1. The Hall–Kier alpha value is -2.03. The minimum absolute atomic E-state index is 0.0460. The summed E-state index contributed by atoms with van der Waals surface area (Å²) in [7, 11) is 0. The molecule has 0 aliphatic carbocycles. The zero-order valence-corrected chi connectivity index (χ0v) is 15.7. The van der Waals surface area contributed by atoms with E-state index in [4.69, 9.17) is 16.3 Å². The number of fused-ring (bicyclic) bond motifs is 1. The lowest BCUT2D eigenvalue weighted by molar-refractivity contribution is 0.301. The first kappa shape index (κ1) is 17.8. The van der Waals surface area contributed by atoms with Gasteiger partial charge in [-0.3, -0.25) is 0 Å². The zero-order valence-electron chi connectivity index (χ0n) is 15.0. The number of rotatable bonds is 5. The van der Waals surface area contributed by atoms with Crippen LogP contribution in [-0.2, 0) is 13.2 Å². The first-order valence-corrected chi connectivity index (χ1v) is 8.93. The summed E-state index contributed by atoms with van der Waals surface area (Å²) in [6.07, 6.45) is 0. The Labute approximate surface area is 154 Å². The van der Waals surface area contributed by atoms with Crippen LogP contribution in [0.25, 0.3) is 10.8 Å². The van der Waals surface area contributed by atoms with Crippen molar-refractivity contribution in [3.8, 4) is 5.75 Å². The van der Waals surface area contributed by atoms with Crippen molar-refractivity contribution in [3.63, 3.8) is 0 Å². The van der Waals surface area contributed by atoms with Gasteiger partial charge in [-0.25, -0.2) is 0 Å². The fraction of sp³-hybridized carbons (Fsp3) is 0.273. The molecule has 0 amide bonds. The molecule has 0 aromatic heterocycles. The van der Waals surface area contributed by atoms with Crippen molar-refractivity contribution in [2.45, 2.75) is 39.5 Å². The van der Waals surface area contributed by atoms with Crippen LogP contribution >= 0.6 is 11.6 Å². The van der Waals surface area contributed by atoms with Crippen molar-refractivity contribution in [2.24, 2.45) is 0 Å². The van der Waals surface area contributed by atoms with Crippen LogP contribution in [0, 0.1) is 0 Å². The van der Waals surface area contributed by atoms with Crippen LogP contribution in [0.1, 0.15) is 31.9 Å². The van der Waals surface area contributed by atoms with Gasteiger partial charge < -0.3 is 10.1 Å². The van der Waals surface area contributed by atoms with Gasteiger partial charge in [-0.15, -0.1) is 0 Å². The number of halogens is 1. The molecular weight excluding hydrogens is 330 g/mol. The predicted octanol–water partition coefficient (Wildman–Crippen LogP) is 5.96. The summed E-state index contributed by atoms with van der Waals surface area (Å²) in [4.78, 5) is 0. The molecule has 25 heavy (non-hydrogen) atoms. The minimum atomic E-state index is 0.0460. The van der Waals surface area contributed by atoms with Crippen LogP contribution < -0.4 is 10.1 Å². The third kappa shape index (κ3) is 4.75. The van der Waals surface area contributed by atoms with Crippen molar-refractivity contribution in [3.05, 3.63) is 76.8 Å². The summed E-state index contributed by atoms with van der Waals surface area (Å²) >= 11 is 5.95. The van der Waals surface area contributed by atoms with E-state index in [2.05, 4.69) is 62.5 Å². The lowest BCUT2D eigenvalue weighted by Crippen LogP contribution is -2.35. The monoisotopic (exact) mass is 353 g/mol. The van der Waals surface area contributed by atoms with E-state index in [0.29, 0.717) is 6.61 Å². The fourth-order valence-corrected chi connectivity index (χ4v) is 2.85. The molecule has 0 atom stereocenters. The third-order valence-corrected chi connectivity index (χ3v) is 4.35. The topological polar surface area (TPSA) is 21.3 Å². The predicted molar refractivity (Wildman–Crippen MR) is 106 cm³/mol. The maximum Gasteiger partial charge on any atom is 0.124 e. The van der Waals surface area contributed by atoms with Gasteiger partial charge in [0.1, 0.15) is 12.4 Å². The molecule has 0 saturated carbocycles. The van der Waals surface area contributed by atoms with E-state index in [0.717, 1.165) is 22.9 Å². The highest BCUT2D eigenvalue weighted by Crippen LogP contribution is 2.29. The van der Waals surface area contributed by atoms with Crippen LogP contribution in [0.5, 0.6) is 5.75 Å². The first-order valence-electron chi connectivity index (χ1n) is 8.55. The molecular formula is C22H24ClNO. The Morgan fingerprint density at radius 2 is 1.64 bits per heavy atom. The number of nitrogens with one attached hydrogen (secondary N) is 1. The molecule has 0 saturated heterocycles. The molecule has 0 unspecified atom stereocenters. The Morgan fingerprint density at radius 1 is 0.920 bits per heavy atom. The second-order valence-corrected chi connectivity index (χ2v) is 7.72. The van der Waals surface area contributed by atoms with Gasteiger partial charge in [-0.1, -0.05) is 54.1 Å². The normalized spacial score (nSPS) is 11.7. The van der Waals surface area contributed by atoms with Crippen LogP contribution in [0.2, 0.25) is 5.02 Å². The third-order valence-electron chi connectivity index (χ3n) is 4.10. The number of ether oxygens (including phenoxy) is 1. The quantitative estimate of drug-likeness (QED) is 0.611. The van der Waals surface area contributed by atoms with Gasteiger partial charge in [0.2, 0.25) is 0 Å². The summed E-state index contributed by atoms with van der Waals surface area (Å²) in [5.74, 6) is 0.922. The van der Waals surface area contributed by atoms with E-state index < -0.39 is 0 Å². The Balaban J connectivity index is 1.88. The smallest absolute Gasteiger partial charge is 0.124 e. The number of hydrogen-bond acceptors (Lipinski definition) is 2. The minimum Gasteiger partial charge on any atom is -0.489 e. The average Bonchev–Trinajstić information content (AvgIpc) is 2.59. The van der Waals surface area contributed by atoms with Crippen LogP contribution in [0.4, 0.5) is 0 Å². The molecule has 0 aliphatic rings. The van der Waals surface area contributed by atoms with Crippen molar-refractivity contribution in [2.75, 3.05) is 0 Å². The van der Waals surface area contributed by atoms with Gasteiger partial charge in [0.15, 0.2) is 0 Å². The second-order valence-electron chi connectivity index (χ2n) is 7.28. The van der Waals surface area contributed by atoms with Crippen LogP contribution in [0.15, 0.2) is 60.7 Å². The fourth-order valence-electron chi connectivity index (χ4n) is 2.73. The van der Waals surface area contributed by atoms with Crippen molar-refractivity contribution < 1.29 is 4.74 Å². The van der Waals surface area contributed by atoms with Crippen molar-refractivity contribution >= 4 is 22.4 Å². The lowest BCUT2D eigenvalue weighted by atomic mass is 10.0. The highest BCUT2D eigenvalue weighted by molar-refractivity contribution is 6.30. The Kier molecular flexibility index (Phi) is 5.31. The maximum atomic E-state index is 6.15. The molecule has 0 bridgehead atoms. The van der Waals surface area contributed by atoms with Crippen LogP contribution in [-0.4, -0.2) is 5.54 Å². The van der Waals surface area contributed by atoms with E-state index in [9.17, 15) is 0 Å². The molecule has 0 radical (unpaired) electrons. The van der Waals surface area contributed by atoms with E-state index in [1.54, 1.807) is 0 Å². The molecule has 3 rings (SSSR count). The first-order chi connectivity index (χ1) is 11.9. The van der Waals surface area contributed by atoms with Gasteiger partial charge >= 0.3 is 0 Å². The van der Waals surface area contributed by atoms with E-state index in [-0.39, 0.29) is 5.54 Å². The molecule has 3 aromatic carbocycles. The van der Waals surface area contributed by atoms with Crippen LogP contribution in [0.3, 0.4) is 0 Å². The molecule has 0 fully saturated rings. The van der Waals surface area contributed by atoms with Gasteiger partial charge in [-0.2, -0.15) is 0 Å². The van der Waals surface area contributed by atoms with Gasteiger partial charge in [0.25, 0.3) is 0 Å². The zero-order chi connectivity index (χ0) is 17.9. The largest absolute Gasteiger partial charge is 0.489 e. The van der Waals surface area contributed by atoms with E-state index in [1.807, 2.05) is 24.3 Å². The maximum absolute atomic E-state index is 6.15. The summed E-state index contributed by atoms with van der Waals surface area (Å²) in [6.45, 7) is 7.81. The molecule has 1 N–H and O–H groups in total. The molecule has 0 spiro atoms. The second kappa shape index (κ2) is 7.47. The van der Waals surface area contributed by atoms with E-state index >= 15 is 0 Å². The molecule has 2 nitrogen and oxygen atoms in total. The number of benzene rings is 3. The molecule has 0 aliphatic heterocycles. The molecule has 3 aromatic rings. The summed E-state index contributed by atoms with van der Waals surface area (Å²) in [6, 6.07) is 20.4. The molecule has 0 heterocycles. The van der Waals surface area contributed by atoms with Gasteiger partial charge in [-0.05, 0) is 55.3 Å². The highest BCUT2D eigenvalue weighted by atomic mass is 35.5. The SMILES string of the molecule is CC(C)(C)NCc1c(OCc2ccc(Cl)cc2)ccc2ccccc12. The van der Waals surface area contributed by atoms with E-state index in [1.165, 1.54) is 16.3 Å². The van der Waals surface area contributed by atoms with Crippen molar-refractivity contribution in [1.82, 2.24) is 5.32 Å². The highest BCUT2D eigenvalue weighted by Gasteiger charge is 2.14. The van der Waals surface area contributed by atoms with Crippen molar-refractivity contribution in [1.29, 1.82) is 0 Å². The average molecular weight is 354 g/mol.